The van der Waals surface area contributed by atoms with Gasteiger partial charge >= 0.3 is 0 Å². The minimum atomic E-state index is 0.884. The second kappa shape index (κ2) is 21.5. The minimum Gasteiger partial charge on any atom is -0.497 e. The van der Waals surface area contributed by atoms with Crippen LogP contribution in [0.5, 0.6) is 5.75 Å². The van der Waals surface area contributed by atoms with Crippen molar-refractivity contribution in [1.82, 2.24) is 0 Å². The SMILES string of the molecule is CCC(C)C.CCCC(C)C.CCCC=C1CCC1.CCc1cccc(OC)c1. The Morgan fingerprint density at radius 3 is 1.86 bits per heavy atom. The lowest BCUT2D eigenvalue weighted by Crippen LogP contribution is -1.95. The number of unbranched alkanes of at least 4 members (excludes halogenated alkanes) is 1. The third kappa shape index (κ3) is 21.3. The van der Waals surface area contributed by atoms with Crippen molar-refractivity contribution in [2.24, 2.45) is 11.8 Å². The Kier molecular flexibility index (Phi) is 22.2. The van der Waals surface area contributed by atoms with Gasteiger partial charge in [0, 0.05) is 0 Å². The third-order valence-electron chi connectivity index (χ3n) is 4.94. The molecule has 1 saturated carbocycles. The predicted molar refractivity (Wildman–Crippen MR) is 134 cm³/mol. The van der Waals surface area contributed by atoms with E-state index < -0.39 is 0 Å². The molecule has 1 aromatic carbocycles. The second-order valence-electron chi connectivity index (χ2n) is 8.69. The third-order valence-corrected chi connectivity index (χ3v) is 4.94. The monoisotopic (exact) mass is 404 g/mol. The summed E-state index contributed by atoms with van der Waals surface area (Å²) in [7, 11) is 1.69. The minimum absolute atomic E-state index is 0.884. The maximum Gasteiger partial charge on any atom is 0.119 e. The summed E-state index contributed by atoms with van der Waals surface area (Å²) in [5.74, 6) is 2.73. The summed E-state index contributed by atoms with van der Waals surface area (Å²) in [5, 5.41) is 0. The van der Waals surface area contributed by atoms with Gasteiger partial charge in [-0.1, -0.05) is 105 Å². The number of allylic oxidation sites excluding steroid dienone is 2. The zero-order chi connectivity index (χ0) is 22.5. The van der Waals surface area contributed by atoms with Crippen molar-refractivity contribution in [1.29, 1.82) is 0 Å². The van der Waals surface area contributed by atoms with E-state index in [-0.39, 0.29) is 0 Å². The van der Waals surface area contributed by atoms with E-state index in [2.05, 4.69) is 73.6 Å². The molecule has 0 N–H and O–H groups in total. The van der Waals surface area contributed by atoms with Gasteiger partial charge in [-0.2, -0.15) is 0 Å². The van der Waals surface area contributed by atoms with Gasteiger partial charge in [0.25, 0.3) is 0 Å². The highest BCUT2D eigenvalue weighted by Crippen LogP contribution is 2.25. The lowest BCUT2D eigenvalue weighted by atomic mass is 9.91. The molecule has 0 atom stereocenters. The molecule has 29 heavy (non-hydrogen) atoms. The standard InChI is InChI=1S/C9H12O.C8H14.C6H14.C5H12/c1-3-8-5-4-6-9(7-8)10-2;1-2-3-5-8-6-4-7-8;1-4-5-6(2)3;1-4-5(2)3/h4-7H,3H2,1-2H3;5H,2-4,6-7H2,1H3;6H,4-5H2,1-3H3;5H,4H2,1-3H3. The van der Waals surface area contributed by atoms with Crippen molar-refractivity contribution >= 4 is 0 Å². The van der Waals surface area contributed by atoms with E-state index in [1.165, 1.54) is 56.9 Å². The molecule has 0 saturated heterocycles. The molecule has 1 heteroatoms. The highest BCUT2D eigenvalue weighted by atomic mass is 16.5. The molecule has 0 spiro atoms. The molecule has 2 rings (SSSR count). The highest BCUT2D eigenvalue weighted by molar-refractivity contribution is 5.28. The normalized spacial score (nSPS) is 11.9. The Morgan fingerprint density at radius 1 is 0.931 bits per heavy atom. The van der Waals surface area contributed by atoms with Crippen LogP contribution in [-0.4, -0.2) is 7.11 Å². The molecule has 0 unspecified atom stereocenters. The summed E-state index contributed by atoms with van der Waals surface area (Å²) < 4.78 is 5.06. The van der Waals surface area contributed by atoms with Gasteiger partial charge in [-0.25, -0.2) is 0 Å². The molecule has 170 valence electrons. The summed E-state index contributed by atoms with van der Waals surface area (Å²) in [6.45, 7) is 17.7. The van der Waals surface area contributed by atoms with Gasteiger partial charge in [0.15, 0.2) is 0 Å². The van der Waals surface area contributed by atoms with Crippen molar-refractivity contribution in [2.75, 3.05) is 7.11 Å². The van der Waals surface area contributed by atoms with Gasteiger partial charge in [-0.3, -0.25) is 0 Å². The molecule has 0 aliphatic heterocycles. The Balaban J connectivity index is 0. The Labute approximate surface area is 184 Å². The Hall–Kier alpha value is -1.24. The van der Waals surface area contributed by atoms with E-state index in [1.807, 2.05) is 12.1 Å². The molecule has 0 radical (unpaired) electrons. The van der Waals surface area contributed by atoms with Crippen molar-refractivity contribution in [2.45, 2.75) is 113 Å². The molecule has 0 amide bonds. The van der Waals surface area contributed by atoms with Gasteiger partial charge in [0.1, 0.15) is 5.75 Å². The fourth-order valence-corrected chi connectivity index (χ4v) is 2.40. The van der Waals surface area contributed by atoms with E-state index in [1.54, 1.807) is 12.7 Å². The molecular weight excluding hydrogens is 352 g/mol. The number of hydrogen-bond donors (Lipinski definition) is 0. The van der Waals surface area contributed by atoms with Crippen LogP contribution < -0.4 is 4.74 Å². The van der Waals surface area contributed by atoms with Gasteiger partial charge in [0.05, 0.1) is 7.11 Å². The van der Waals surface area contributed by atoms with Crippen molar-refractivity contribution in [3.8, 4) is 5.75 Å². The average molecular weight is 405 g/mol. The summed E-state index contributed by atoms with van der Waals surface area (Å²) >= 11 is 0. The van der Waals surface area contributed by atoms with Crippen LogP contribution in [0.25, 0.3) is 0 Å². The lowest BCUT2D eigenvalue weighted by molar-refractivity contribution is 0.414. The van der Waals surface area contributed by atoms with E-state index in [9.17, 15) is 0 Å². The quantitative estimate of drug-likeness (QED) is 0.411. The predicted octanol–water partition coefficient (Wildman–Crippen LogP) is 9.65. The number of ether oxygens (including phenoxy) is 1. The van der Waals surface area contributed by atoms with Crippen LogP contribution >= 0.6 is 0 Å². The Bertz CT molecular complexity index is 460. The summed E-state index contributed by atoms with van der Waals surface area (Å²) in [6.07, 6.45) is 14.3. The van der Waals surface area contributed by atoms with Crippen LogP contribution in [0, 0.1) is 11.8 Å². The van der Waals surface area contributed by atoms with E-state index in [4.69, 9.17) is 4.74 Å². The first-order valence-corrected chi connectivity index (χ1v) is 12.1. The van der Waals surface area contributed by atoms with Crippen LogP contribution in [0.2, 0.25) is 0 Å². The molecule has 1 nitrogen and oxygen atoms in total. The molecular formula is C28H52O. The zero-order valence-corrected chi connectivity index (χ0v) is 21.3. The number of benzene rings is 1. The number of rotatable bonds is 7. The number of methoxy groups -OCH3 is 1. The second-order valence-corrected chi connectivity index (χ2v) is 8.69. The van der Waals surface area contributed by atoms with Crippen LogP contribution in [-0.2, 0) is 6.42 Å². The summed E-state index contributed by atoms with van der Waals surface area (Å²) in [5.41, 5.74) is 3.02. The molecule has 1 aliphatic carbocycles. The van der Waals surface area contributed by atoms with Gasteiger partial charge in [-0.05, 0) is 61.6 Å². The molecule has 1 aliphatic rings. The van der Waals surface area contributed by atoms with Crippen LogP contribution in [0.1, 0.15) is 112 Å². The summed E-state index contributed by atoms with van der Waals surface area (Å²) in [6, 6.07) is 8.12. The molecule has 1 fully saturated rings. The average Bonchev–Trinajstić information content (AvgIpc) is 2.68. The molecule has 0 bridgehead atoms. The van der Waals surface area contributed by atoms with Crippen LogP contribution in [0.3, 0.4) is 0 Å². The maximum absolute atomic E-state index is 5.06. The smallest absolute Gasteiger partial charge is 0.119 e. The number of hydrogen-bond acceptors (Lipinski definition) is 1. The largest absolute Gasteiger partial charge is 0.497 e. The van der Waals surface area contributed by atoms with E-state index >= 15 is 0 Å². The van der Waals surface area contributed by atoms with Crippen molar-refractivity contribution in [3.63, 3.8) is 0 Å². The van der Waals surface area contributed by atoms with E-state index in [0.717, 1.165) is 24.0 Å². The fraction of sp³-hybridized carbons (Fsp3) is 0.714. The zero-order valence-electron chi connectivity index (χ0n) is 21.3. The first kappa shape index (κ1) is 30.0. The van der Waals surface area contributed by atoms with Crippen molar-refractivity contribution < 1.29 is 4.74 Å². The fourth-order valence-electron chi connectivity index (χ4n) is 2.40. The van der Waals surface area contributed by atoms with Gasteiger partial charge in [-0.15, -0.1) is 0 Å². The van der Waals surface area contributed by atoms with Crippen LogP contribution in [0.4, 0.5) is 0 Å². The summed E-state index contributed by atoms with van der Waals surface area (Å²) in [4.78, 5) is 0. The van der Waals surface area contributed by atoms with Gasteiger partial charge < -0.3 is 4.74 Å². The molecule has 0 heterocycles. The molecule has 0 aromatic heterocycles. The van der Waals surface area contributed by atoms with Gasteiger partial charge in [0.2, 0.25) is 0 Å². The first-order chi connectivity index (χ1) is 13.8. The Morgan fingerprint density at radius 2 is 1.55 bits per heavy atom. The van der Waals surface area contributed by atoms with E-state index in [0.29, 0.717) is 0 Å². The van der Waals surface area contributed by atoms with Crippen LogP contribution in [0.15, 0.2) is 35.9 Å². The highest BCUT2D eigenvalue weighted by Gasteiger charge is 2.05. The lowest BCUT2D eigenvalue weighted by Gasteiger charge is -2.15. The first-order valence-electron chi connectivity index (χ1n) is 12.1. The maximum atomic E-state index is 5.06. The number of aryl methyl sites for hydroxylation is 1. The topological polar surface area (TPSA) is 9.23 Å². The van der Waals surface area contributed by atoms with Crippen molar-refractivity contribution in [3.05, 3.63) is 41.5 Å². The molecule has 1 aromatic rings.